The van der Waals surface area contributed by atoms with E-state index in [-0.39, 0.29) is 0 Å². The number of hydrogen-bond acceptors (Lipinski definition) is 8. The Kier molecular flexibility index (Phi) is 5.57. The van der Waals surface area contributed by atoms with Gasteiger partial charge in [-0.25, -0.2) is 4.79 Å². The maximum Gasteiger partial charge on any atom is 0.340 e. The molecule has 4 N–H and O–H groups in total. The molecule has 0 aromatic heterocycles. The number of nitrogens with one attached hydrogen (secondary N) is 1. The molecule has 1 aliphatic heterocycles. The molecule has 1 heterocycles. The van der Waals surface area contributed by atoms with Gasteiger partial charge in [-0.15, -0.1) is 4.91 Å². The number of carbonyl (C=O) groups is 1. The molecule has 1 rings (SSSR count). The van der Waals surface area contributed by atoms with E-state index in [9.17, 15) is 19.9 Å². The Morgan fingerprint density at radius 1 is 1.47 bits per heavy atom. The Morgan fingerprint density at radius 3 is 2.58 bits per heavy atom. The van der Waals surface area contributed by atoms with E-state index in [2.05, 4.69) is 10.6 Å². The van der Waals surface area contributed by atoms with Gasteiger partial charge in [-0.1, -0.05) is 0 Å². The maximum absolute atomic E-state index is 11.5. The van der Waals surface area contributed by atoms with Gasteiger partial charge in [0.15, 0.2) is 6.29 Å². The summed E-state index contributed by atoms with van der Waals surface area (Å²) in [4.78, 5) is 21.7. The van der Waals surface area contributed by atoms with Crippen molar-refractivity contribution < 1.29 is 29.6 Å². The fraction of sp³-hybridized carbons (Fsp3) is 0.889. The molecule has 0 radical (unpaired) electrons. The third kappa shape index (κ3) is 3.36. The number of nitrogens with zero attached hydrogens (tertiary/aromatic N) is 2. The third-order valence-corrected chi connectivity index (χ3v) is 2.82. The molecule has 0 aromatic rings. The Balaban J connectivity index is 2.79. The highest BCUT2D eigenvalue weighted by atomic mass is 16.7. The molecule has 1 saturated heterocycles. The SMILES string of the molecule is CO[C@@H]1O[C@H](CO)[C@@H](O)[C@H](O)[C@H]1NC(=O)N(C)N=O. The monoisotopic (exact) mass is 279 g/mol. The van der Waals surface area contributed by atoms with E-state index in [1.54, 1.807) is 0 Å². The van der Waals surface area contributed by atoms with Crippen LogP contribution in [-0.2, 0) is 9.47 Å². The second kappa shape index (κ2) is 6.73. The largest absolute Gasteiger partial charge is 0.394 e. The first kappa shape index (κ1) is 15.7. The number of ether oxygens (including phenoxy) is 2. The highest BCUT2D eigenvalue weighted by Crippen LogP contribution is 2.21. The predicted molar refractivity (Wildman–Crippen MR) is 60.6 cm³/mol. The van der Waals surface area contributed by atoms with Crippen LogP contribution in [0.1, 0.15) is 0 Å². The van der Waals surface area contributed by atoms with E-state index < -0.39 is 43.3 Å². The summed E-state index contributed by atoms with van der Waals surface area (Å²) in [6.07, 6.45) is -4.95. The molecule has 0 aliphatic carbocycles. The summed E-state index contributed by atoms with van der Waals surface area (Å²) in [5, 5.41) is 33.7. The van der Waals surface area contributed by atoms with Crippen molar-refractivity contribution in [1.29, 1.82) is 0 Å². The molecule has 1 fully saturated rings. The number of urea groups is 1. The molecule has 0 saturated carbocycles. The van der Waals surface area contributed by atoms with Crippen LogP contribution in [0.15, 0.2) is 5.29 Å². The first-order valence-electron chi connectivity index (χ1n) is 5.49. The van der Waals surface area contributed by atoms with Gasteiger partial charge in [-0.3, -0.25) is 0 Å². The van der Waals surface area contributed by atoms with Gasteiger partial charge in [0.05, 0.1) is 11.9 Å². The molecule has 19 heavy (non-hydrogen) atoms. The highest BCUT2D eigenvalue weighted by Gasteiger charge is 2.45. The molecule has 10 heteroatoms. The second-order valence-corrected chi connectivity index (χ2v) is 4.02. The molecule has 0 unspecified atom stereocenters. The molecule has 10 nitrogen and oxygen atoms in total. The maximum atomic E-state index is 11.5. The van der Waals surface area contributed by atoms with Crippen LogP contribution in [0.3, 0.4) is 0 Å². The van der Waals surface area contributed by atoms with Crippen LogP contribution in [0.5, 0.6) is 0 Å². The van der Waals surface area contributed by atoms with Crippen molar-refractivity contribution in [1.82, 2.24) is 10.3 Å². The minimum Gasteiger partial charge on any atom is -0.394 e. The van der Waals surface area contributed by atoms with E-state index in [0.29, 0.717) is 5.01 Å². The topological polar surface area (TPSA) is 141 Å². The minimum atomic E-state index is -1.43. The quantitative estimate of drug-likeness (QED) is 0.337. The van der Waals surface area contributed by atoms with Crippen molar-refractivity contribution in [3.8, 4) is 0 Å². The fourth-order valence-electron chi connectivity index (χ4n) is 1.71. The van der Waals surface area contributed by atoms with Crippen LogP contribution in [0.4, 0.5) is 4.79 Å². The lowest BCUT2D eigenvalue weighted by molar-refractivity contribution is -0.261. The third-order valence-electron chi connectivity index (χ3n) is 2.82. The predicted octanol–water partition coefficient (Wildman–Crippen LogP) is -2.24. The molecular formula is C9H17N3O7. The van der Waals surface area contributed by atoms with E-state index in [4.69, 9.17) is 14.6 Å². The number of aliphatic hydroxyl groups is 3. The summed E-state index contributed by atoms with van der Waals surface area (Å²) < 4.78 is 10.1. The zero-order valence-electron chi connectivity index (χ0n) is 10.5. The second-order valence-electron chi connectivity index (χ2n) is 4.02. The Morgan fingerprint density at radius 2 is 2.11 bits per heavy atom. The van der Waals surface area contributed by atoms with Crippen LogP contribution < -0.4 is 5.32 Å². The molecule has 1 aliphatic rings. The lowest BCUT2D eigenvalue weighted by atomic mass is 9.97. The first-order valence-corrected chi connectivity index (χ1v) is 5.49. The summed E-state index contributed by atoms with van der Waals surface area (Å²) in [5.41, 5.74) is 0. The van der Waals surface area contributed by atoms with Crippen LogP contribution >= 0.6 is 0 Å². The van der Waals surface area contributed by atoms with Crippen molar-refractivity contribution in [2.24, 2.45) is 5.29 Å². The van der Waals surface area contributed by atoms with Crippen molar-refractivity contribution in [3.63, 3.8) is 0 Å². The van der Waals surface area contributed by atoms with Crippen molar-refractivity contribution >= 4 is 6.03 Å². The van der Waals surface area contributed by atoms with Crippen LogP contribution in [-0.4, -0.2) is 77.8 Å². The lowest BCUT2D eigenvalue weighted by Gasteiger charge is -2.41. The standard InChI is InChI=1S/C9H17N3O7/c1-12(11-17)9(16)10-5-7(15)6(14)4(3-13)19-8(5)18-2/h4-8,13-15H,3H2,1-2H3,(H,10,16)/t4-,5-,6-,7-,8-/m1/s1. The molecule has 0 bridgehead atoms. The van der Waals surface area contributed by atoms with Crippen molar-refractivity contribution in [2.45, 2.75) is 30.6 Å². The highest BCUT2D eigenvalue weighted by molar-refractivity contribution is 5.73. The molecule has 110 valence electrons. The van der Waals surface area contributed by atoms with Crippen LogP contribution in [0, 0.1) is 4.91 Å². The molecule has 0 aromatic carbocycles. The summed E-state index contributed by atoms with van der Waals surface area (Å²) in [7, 11) is 2.39. The number of amides is 2. The lowest BCUT2D eigenvalue weighted by Crippen LogP contribution is -2.65. The van der Waals surface area contributed by atoms with Gasteiger partial charge in [0, 0.05) is 14.2 Å². The van der Waals surface area contributed by atoms with Crippen LogP contribution in [0.25, 0.3) is 0 Å². The van der Waals surface area contributed by atoms with Gasteiger partial charge in [0.1, 0.15) is 24.4 Å². The summed E-state index contributed by atoms with van der Waals surface area (Å²) >= 11 is 0. The first-order chi connectivity index (χ1) is 8.96. The van der Waals surface area contributed by atoms with E-state index in [1.807, 2.05) is 0 Å². The van der Waals surface area contributed by atoms with E-state index in [0.717, 1.165) is 7.05 Å². The molecule has 2 amide bonds. The van der Waals surface area contributed by atoms with Crippen molar-refractivity contribution in [2.75, 3.05) is 20.8 Å². The summed E-state index contributed by atoms with van der Waals surface area (Å²) in [5.74, 6) is 0. The Labute approximate surface area is 108 Å². The number of carbonyl (C=O) groups excluding carboxylic acids is 1. The average Bonchev–Trinajstić information content (AvgIpc) is 2.43. The van der Waals surface area contributed by atoms with Gasteiger partial charge >= 0.3 is 6.03 Å². The summed E-state index contributed by atoms with van der Waals surface area (Å²) in [6, 6.07) is -2.00. The number of aliphatic hydroxyl groups excluding tert-OH is 3. The fourth-order valence-corrected chi connectivity index (χ4v) is 1.71. The molecular weight excluding hydrogens is 262 g/mol. The Bertz CT molecular complexity index is 327. The average molecular weight is 279 g/mol. The van der Waals surface area contributed by atoms with Gasteiger partial charge in [0.2, 0.25) is 0 Å². The van der Waals surface area contributed by atoms with E-state index >= 15 is 0 Å². The summed E-state index contributed by atoms with van der Waals surface area (Å²) in [6.45, 7) is -0.519. The zero-order chi connectivity index (χ0) is 14.6. The number of nitroso groups, excluding NO2 is 1. The smallest absolute Gasteiger partial charge is 0.340 e. The molecule has 5 atom stereocenters. The number of methoxy groups -OCH3 is 1. The van der Waals surface area contributed by atoms with Gasteiger partial charge in [0.25, 0.3) is 0 Å². The van der Waals surface area contributed by atoms with Gasteiger partial charge < -0.3 is 30.1 Å². The Hall–Kier alpha value is -1.33. The van der Waals surface area contributed by atoms with Gasteiger partial charge in [-0.2, -0.15) is 5.01 Å². The number of hydrogen-bond donors (Lipinski definition) is 4. The number of rotatable bonds is 4. The zero-order valence-corrected chi connectivity index (χ0v) is 10.5. The van der Waals surface area contributed by atoms with E-state index in [1.165, 1.54) is 7.11 Å². The minimum absolute atomic E-state index is 0.476. The normalized spacial score (nSPS) is 34.7. The van der Waals surface area contributed by atoms with Gasteiger partial charge in [-0.05, 0) is 0 Å². The molecule has 0 spiro atoms. The van der Waals surface area contributed by atoms with Crippen molar-refractivity contribution in [3.05, 3.63) is 4.91 Å². The van der Waals surface area contributed by atoms with Crippen LogP contribution in [0.2, 0.25) is 0 Å².